The Labute approximate surface area is 176 Å². The van der Waals surface area contributed by atoms with Crippen molar-refractivity contribution in [3.63, 3.8) is 0 Å². The average molecular weight is 405 g/mol. The van der Waals surface area contributed by atoms with E-state index in [4.69, 9.17) is 0 Å². The summed E-state index contributed by atoms with van der Waals surface area (Å²) in [4.78, 5) is 28.2. The van der Waals surface area contributed by atoms with Crippen LogP contribution in [0.25, 0.3) is 5.69 Å². The summed E-state index contributed by atoms with van der Waals surface area (Å²) in [5.74, 6) is -0.273. The van der Waals surface area contributed by atoms with Gasteiger partial charge in [-0.05, 0) is 62.7 Å². The molecule has 6 heteroatoms. The summed E-state index contributed by atoms with van der Waals surface area (Å²) in [6, 6.07) is 17.1. The minimum absolute atomic E-state index is 0.240. The fraction of sp³-hybridized carbons (Fsp3) is 0.333. The van der Waals surface area contributed by atoms with Gasteiger partial charge in [0.2, 0.25) is 0 Å². The SMILES string of the molecule is Cc1c(NC(=O)c2ccc(CN3CCCCC3)cc2)c(=O)n(-c2ccccc2)n1C. The number of carbonyl (C=O) groups excluding carboxylic acids is 1. The van der Waals surface area contributed by atoms with Crippen molar-refractivity contribution in [1.29, 1.82) is 0 Å². The maximum atomic E-state index is 13.0. The Morgan fingerprint density at radius 2 is 1.63 bits per heavy atom. The Kier molecular flexibility index (Phi) is 5.86. The molecule has 0 radical (unpaired) electrons. The lowest BCUT2D eigenvalue weighted by molar-refractivity contribution is 0.102. The molecule has 0 aliphatic carbocycles. The number of carbonyl (C=O) groups is 1. The van der Waals surface area contributed by atoms with Crippen LogP contribution in [0.3, 0.4) is 0 Å². The van der Waals surface area contributed by atoms with Crippen molar-refractivity contribution in [1.82, 2.24) is 14.3 Å². The monoisotopic (exact) mass is 404 g/mol. The molecule has 2 heterocycles. The summed E-state index contributed by atoms with van der Waals surface area (Å²) in [6.45, 7) is 5.03. The molecule has 1 N–H and O–H groups in total. The standard InChI is InChI=1S/C24H28N4O2/c1-18-22(24(30)28(26(18)2)21-9-5-3-6-10-21)25-23(29)20-13-11-19(12-14-20)17-27-15-7-4-8-16-27/h3,5-6,9-14H,4,7-8,15-17H2,1-2H3,(H,25,29). The number of aromatic nitrogens is 2. The second-order valence-corrected chi connectivity index (χ2v) is 7.92. The molecule has 0 bridgehead atoms. The van der Waals surface area contributed by atoms with Crippen molar-refractivity contribution in [2.45, 2.75) is 32.7 Å². The third kappa shape index (κ3) is 4.09. The summed E-state index contributed by atoms with van der Waals surface area (Å²) >= 11 is 0. The van der Waals surface area contributed by atoms with Gasteiger partial charge in [-0.3, -0.25) is 19.2 Å². The molecule has 0 unspecified atom stereocenters. The lowest BCUT2D eigenvalue weighted by Crippen LogP contribution is -2.29. The van der Waals surface area contributed by atoms with E-state index in [1.165, 1.54) is 24.8 Å². The van der Waals surface area contributed by atoms with E-state index in [1.807, 2.05) is 68.6 Å². The summed E-state index contributed by atoms with van der Waals surface area (Å²) < 4.78 is 3.32. The van der Waals surface area contributed by atoms with Crippen LogP contribution in [-0.4, -0.2) is 33.3 Å². The first-order chi connectivity index (χ1) is 14.5. The van der Waals surface area contributed by atoms with E-state index in [-0.39, 0.29) is 11.5 Å². The van der Waals surface area contributed by atoms with Crippen LogP contribution < -0.4 is 10.9 Å². The molecule has 3 aromatic rings. The van der Waals surface area contributed by atoms with Crippen LogP contribution >= 0.6 is 0 Å². The number of rotatable bonds is 5. The zero-order valence-electron chi connectivity index (χ0n) is 17.6. The fourth-order valence-corrected chi connectivity index (χ4v) is 4.04. The van der Waals surface area contributed by atoms with Gasteiger partial charge in [-0.2, -0.15) is 0 Å². The first kappa shape index (κ1) is 20.2. The van der Waals surface area contributed by atoms with Gasteiger partial charge in [0.25, 0.3) is 11.5 Å². The first-order valence-electron chi connectivity index (χ1n) is 10.5. The molecular weight excluding hydrogens is 376 g/mol. The number of anilines is 1. The molecule has 1 saturated heterocycles. The molecule has 0 saturated carbocycles. The molecule has 1 amide bonds. The second-order valence-electron chi connectivity index (χ2n) is 7.92. The molecule has 156 valence electrons. The van der Waals surface area contributed by atoms with Gasteiger partial charge in [0, 0.05) is 19.2 Å². The number of hydrogen-bond acceptors (Lipinski definition) is 3. The highest BCUT2D eigenvalue weighted by Gasteiger charge is 2.19. The zero-order chi connectivity index (χ0) is 21.1. The predicted octanol–water partition coefficient (Wildman–Crippen LogP) is 3.72. The highest BCUT2D eigenvalue weighted by molar-refractivity contribution is 6.04. The van der Waals surface area contributed by atoms with Gasteiger partial charge >= 0.3 is 0 Å². The van der Waals surface area contributed by atoms with Gasteiger partial charge in [0.1, 0.15) is 5.69 Å². The first-order valence-corrected chi connectivity index (χ1v) is 10.5. The zero-order valence-corrected chi connectivity index (χ0v) is 17.6. The average Bonchev–Trinajstić information content (AvgIpc) is 2.98. The third-order valence-corrected chi connectivity index (χ3v) is 5.86. The molecule has 1 aliphatic heterocycles. The van der Waals surface area contributed by atoms with Gasteiger partial charge in [-0.25, -0.2) is 4.68 Å². The Bertz CT molecular complexity index is 1070. The van der Waals surface area contributed by atoms with E-state index in [1.54, 1.807) is 9.36 Å². The fourth-order valence-electron chi connectivity index (χ4n) is 4.04. The van der Waals surface area contributed by atoms with Gasteiger partial charge in [0.05, 0.1) is 11.4 Å². The quantitative estimate of drug-likeness (QED) is 0.705. The smallest absolute Gasteiger partial charge is 0.295 e. The van der Waals surface area contributed by atoms with Gasteiger partial charge in [-0.15, -0.1) is 0 Å². The van der Waals surface area contributed by atoms with Crippen LogP contribution in [0.15, 0.2) is 59.4 Å². The van der Waals surface area contributed by atoms with Gasteiger partial charge in [-0.1, -0.05) is 36.8 Å². The van der Waals surface area contributed by atoms with E-state index in [9.17, 15) is 9.59 Å². The minimum Gasteiger partial charge on any atom is -0.316 e. The van der Waals surface area contributed by atoms with E-state index >= 15 is 0 Å². The van der Waals surface area contributed by atoms with Gasteiger partial charge in [0.15, 0.2) is 0 Å². The predicted molar refractivity (Wildman–Crippen MR) is 119 cm³/mol. The molecule has 1 aliphatic rings. The number of likely N-dealkylation sites (tertiary alicyclic amines) is 1. The number of piperidine rings is 1. The van der Waals surface area contributed by atoms with E-state index < -0.39 is 0 Å². The molecule has 4 rings (SSSR count). The molecule has 1 aromatic heterocycles. The Balaban J connectivity index is 1.51. The van der Waals surface area contributed by atoms with Crippen molar-refractivity contribution in [3.8, 4) is 5.69 Å². The number of nitrogens with one attached hydrogen (secondary N) is 1. The summed E-state index contributed by atoms with van der Waals surface area (Å²) in [5.41, 5.74) is 3.29. The Morgan fingerprint density at radius 1 is 0.967 bits per heavy atom. The van der Waals surface area contributed by atoms with Gasteiger partial charge < -0.3 is 5.32 Å². The van der Waals surface area contributed by atoms with Crippen molar-refractivity contribution < 1.29 is 4.79 Å². The van der Waals surface area contributed by atoms with E-state index in [0.717, 1.165) is 25.3 Å². The van der Waals surface area contributed by atoms with Crippen LogP contribution in [-0.2, 0) is 13.6 Å². The largest absolute Gasteiger partial charge is 0.316 e. The summed E-state index contributed by atoms with van der Waals surface area (Å²) in [7, 11) is 1.81. The highest BCUT2D eigenvalue weighted by Crippen LogP contribution is 2.17. The molecular formula is C24H28N4O2. The van der Waals surface area contributed by atoms with Crippen molar-refractivity contribution in [2.75, 3.05) is 18.4 Å². The highest BCUT2D eigenvalue weighted by atomic mass is 16.2. The number of para-hydroxylation sites is 1. The number of nitrogens with zero attached hydrogens (tertiary/aromatic N) is 3. The van der Waals surface area contributed by atoms with Crippen molar-refractivity contribution >= 4 is 11.6 Å². The van der Waals surface area contributed by atoms with Crippen LogP contribution in [0.4, 0.5) is 5.69 Å². The molecule has 0 spiro atoms. The van der Waals surface area contributed by atoms with E-state index in [2.05, 4.69) is 10.2 Å². The number of benzene rings is 2. The normalized spacial score (nSPS) is 14.6. The lowest BCUT2D eigenvalue weighted by Gasteiger charge is -2.26. The maximum Gasteiger partial charge on any atom is 0.295 e. The second kappa shape index (κ2) is 8.71. The van der Waals surface area contributed by atoms with Crippen molar-refractivity contribution in [3.05, 3.63) is 81.8 Å². The minimum atomic E-state index is -0.273. The molecule has 1 fully saturated rings. The molecule has 6 nitrogen and oxygen atoms in total. The molecule has 30 heavy (non-hydrogen) atoms. The van der Waals surface area contributed by atoms with Crippen LogP contribution in [0.2, 0.25) is 0 Å². The summed E-state index contributed by atoms with van der Waals surface area (Å²) in [5, 5.41) is 2.82. The third-order valence-electron chi connectivity index (χ3n) is 5.86. The molecule has 0 atom stereocenters. The van der Waals surface area contributed by atoms with Crippen LogP contribution in [0, 0.1) is 6.92 Å². The lowest BCUT2D eigenvalue weighted by atomic mass is 10.1. The maximum absolute atomic E-state index is 13.0. The van der Waals surface area contributed by atoms with Crippen LogP contribution in [0.1, 0.15) is 40.9 Å². The topological polar surface area (TPSA) is 59.3 Å². The van der Waals surface area contributed by atoms with E-state index in [0.29, 0.717) is 16.9 Å². The number of amides is 1. The van der Waals surface area contributed by atoms with Crippen molar-refractivity contribution in [2.24, 2.45) is 7.05 Å². The Hall–Kier alpha value is -3.12. The molecule has 2 aromatic carbocycles. The van der Waals surface area contributed by atoms with Crippen LogP contribution in [0.5, 0.6) is 0 Å². The number of hydrogen-bond donors (Lipinski definition) is 1. The Morgan fingerprint density at radius 3 is 2.30 bits per heavy atom. The summed E-state index contributed by atoms with van der Waals surface area (Å²) in [6.07, 6.45) is 3.84.